The molecule has 0 aliphatic carbocycles. The van der Waals surface area contributed by atoms with Crippen molar-refractivity contribution in [2.24, 2.45) is 5.92 Å². The fourth-order valence-corrected chi connectivity index (χ4v) is 6.64. The molecule has 2 aromatic rings. The van der Waals surface area contributed by atoms with E-state index in [1.54, 1.807) is 0 Å². The van der Waals surface area contributed by atoms with Crippen LogP contribution in [0.4, 0.5) is 0 Å². The van der Waals surface area contributed by atoms with Gasteiger partial charge in [-0.2, -0.15) is 0 Å². The fraction of sp³-hybridized carbons (Fsp3) is 0.659. The molecular formula is C44H69NO5. The van der Waals surface area contributed by atoms with E-state index in [4.69, 9.17) is 4.74 Å². The van der Waals surface area contributed by atoms with Crippen molar-refractivity contribution in [2.45, 2.75) is 174 Å². The molecule has 2 N–H and O–H groups in total. The zero-order valence-corrected chi connectivity index (χ0v) is 31.6. The Morgan fingerprint density at radius 1 is 0.620 bits per heavy atom. The summed E-state index contributed by atoms with van der Waals surface area (Å²) in [5.74, 6) is -1.83. The highest BCUT2D eigenvalue weighted by molar-refractivity contribution is 6.09. The zero-order valence-electron chi connectivity index (χ0n) is 31.6. The lowest BCUT2D eigenvalue weighted by Crippen LogP contribution is -2.35. The Kier molecular flexibility index (Phi) is 24.8. The van der Waals surface area contributed by atoms with Crippen LogP contribution >= 0.6 is 0 Å². The Morgan fingerprint density at radius 3 is 1.64 bits per heavy atom. The van der Waals surface area contributed by atoms with Crippen LogP contribution in [-0.4, -0.2) is 35.4 Å². The molecule has 0 fully saturated rings. The van der Waals surface area contributed by atoms with Crippen molar-refractivity contribution < 1.29 is 24.2 Å². The van der Waals surface area contributed by atoms with Gasteiger partial charge in [-0.1, -0.05) is 197 Å². The number of carbonyl (C=O) groups is 3. The van der Waals surface area contributed by atoms with E-state index < -0.39 is 11.9 Å². The number of carboxylic acid groups (broad SMARTS) is 1. The van der Waals surface area contributed by atoms with Gasteiger partial charge < -0.3 is 15.2 Å². The van der Waals surface area contributed by atoms with Gasteiger partial charge in [0.2, 0.25) is 5.91 Å². The number of carbonyl (C=O) groups excluding carboxylic acids is 2. The molecule has 2 rings (SSSR count). The van der Waals surface area contributed by atoms with Crippen LogP contribution in [0.15, 0.2) is 54.6 Å². The molecule has 2 atom stereocenters. The summed E-state index contributed by atoms with van der Waals surface area (Å²) in [7, 11) is 0. The van der Waals surface area contributed by atoms with Gasteiger partial charge in [-0.25, -0.2) is 0 Å². The second-order valence-corrected chi connectivity index (χ2v) is 14.3. The molecule has 6 nitrogen and oxygen atoms in total. The number of unbranched alkanes of at least 4 members (excludes halogenated alkanes) is 18. The van der Waals surface area contributed by atoms with Crippen molar-refractivity contribution in [1.29, 1.82) is 0 Å². The molecule has 1 amide bonds. The molecule has 0 aliphatic rings. The number of amides is 1. The summed E-state index contributed by atoms with van der Waals surface area (Å²) in [6.07, 6.45) is 25.5. The summed E-state index contributed by atoms with van der Waals surface area (Å²) in [5.41, 5.74) is 2.08. The summed E-state index contributed by atoms with van der Waals surface area (Å²) in [6, 6.07) is 16.8. The number of ketones is 1. The summed E-state index contributed by atoms with van der Waals surface area (Å²) < 4.78 is 6.38. The Morgan fingerprint density at radius 2 is 1.10 bits per heavy atom. The van der Waals surface area contributed by atoms with Gasteiger partial charge in [-0.05, 0) is 18.4 Å². The van der Waals surface area contributed by atoms with Crippen LogP contribution in [-0.2, 0) is 20.9 Å². The SMILES string of the molecule is CCCCCCCCCCCCCCC(CC(=O)NCC(CCCCCCCCCC)OCc1ccccc1C(=O)c1ccccc1)C(=O)O. The first-order valence-electron chi connectivity index (χ1n) is 20.2. The topological polar surface area (TPSA) is 92.7 Å². The molecule has 6 heteroatoms. The van der Waals surface area contributed by atoms with E-state index in [0.717, 1.165) is 44.1 Å². The third-order valence-corrected chi connectivity index (χ3v) is 9.87. The fourth-order valence-electron chi connectivity index (χ4n) is 6.64. The van der Waals surface area contributed by atoms with Crippen molar-refractivity contribution in [1.82, 2.24) is 5.32 Å². The largest absolute Gasteiger partial charge is 0.481 e. The number of aliphatic carboxylic acids is 1. The summed E-state index contributed by atoms with van der Waals surface area (Å²) in [4.78, 5) is 38.3. The van der Waals surface area contributed by atoms with E-state index in [-0.39, 0.29) is 30.8 Å². The van der Waals surface area contributed by atoms with Gasteiger partial charge in [-0.3, -0.25) is 14.4 Å². The second-order valence-electron chi connectivity index (χ2n) is 14.3. The number of rotatable bonds is 32. The molecule has 0 bridgehead atoms. The highest BCUT2D eigenvalue weighted by Gasteiger charge is 2.22. The van der Waals surface area contributed by atoms with E-state index in [1.165, 1.54) is 96.3 Å². The van der Waals surface area contributed by atoms with E-state index in [0.29, 0.717) is 24.1 Å². The molecule has 280 valence electrons. The van der Waals surface area contributed by atoms with Crippen molar-refractivity contribution in [3.63, 3.8) is 0 Å². The Labute approximate surface area is 304 Å². The Balaban J connectivity index is 1.82. The third kappa shape index (κ3) is 20.0. The zero-order chi connectivity index (χ0) is 36.1. The molecule has 0 heterocycles. The summed E-state index contributed by atoms with van der Waals surface area (Å²) >= 11 is 0. The first kappa shape index (κ1) is 43.2. The van der Waals surface area contributed by atoms with Crippen molar-refractivity contribution in [3.8, 4) is 0 Å². The first-order valence-corrected chi connectivity index (χ1v) is 20.2. The number of nitrogens with one attached hydrogen (secondary N) is 1. The number of carboxylic acids is 1. The minimum absolute atomic E-state index is 0.00768. The number of benzene rings is 2. The van der Waals surface area contributed by atoms with Gasteiger partial charge in [0.05, 0.1) is 18.6 Å². The van der Waals surface area contributed by atoms with Crippen molar-refractivity contribution in [2.75, 3.05) is 6.54 Å². The van der Waals surface area contributed by atoms with Crippen molar-refractivity contribution in [3.05, 3.63) is 71.3 Å². The maximum absolute atomic E-state index is 13.3. The molecule has 2 aromatic carbocycles. The summed E-state index contributed by atoms with van der Waals surface area (Å²) in [6.45, 7) is 5.08. The van der Waals surface area contributed by atoms with E-state index in [1.807, 2.05) is 54.6 Å². The Hall–Kier alpha value is -2.99. The minimum Gasteiger partial charge on any atom is -0.481 e. The van der Waals surface area contributed by atoms with Crippen LogP contribution in [0.3, 0.4) is 0 Å². The quantitative estimate of drug-likeness (QED) is 0.0588. The predicted octanol–water partition coefficient (Wildman–Crippen LogP) is 11.6. The molecule has 0 saturated carbocycles. The number of ether oxygens (including phenoxy) is 1. The third-order valence-electron chi connectivity index (χ3n) is 9.87. The number of hydrogen-bond acceptors (Lipinski definition) is 4. The standard InChI is InChI=1S/C44H69NO5/c1-3-5-7-9-11-13-14-15-16-17-19-22-30-38(44(48)49)34-42(46)45-35-40(32-25-20-18-12-10-8-6-4-2)50-36-39-31-26-27-33-41(39)43(47)37-28-23-21-24-29-37/h21,23-24,26-29,31,33,38,40H,3-20,22,25,30,32,34-36H2,1-2H3,(H,45,46)(H,48,49). The average molecular weight is 692 g/mol. The van der Waals surface area contributed by atoms with Gasteiger partial charge >= 0.3 is 5.97 Å². The van der Waals surface area contributed by atoms with Gasteiger partial charge in [-0.15, -0.1) is 0 Å². The number of hydrogen-bond donors (Lipinski definition) is 2. The highest BCUT2D eigenvalue weighted by Crippen LogP contribution is 2.20. The van der Waals surface area contributed by atoms with E-state index in [2.05, 4.69) is 19.2 Å². The molecule has 0 spiro atoms. The maximum atomic E-state index is 13.3. The molecule has 0 aliphatic heterocycles. The van der Waals surface area contributed by atoms with Crippen molar-refractivity contribution >= 4 is 17.7 Å². The first-order chi connectivity index (χ1) is 24.5. The molecule has 0 aromatic heterocycles. The van der Waals surface area contributed by atoms with Gasteiger partial charge in [0, 0.05) is 24.1 Å². The van der Waals surface area contributed by atoms with Gasteiger partial charge in [0.1, 0.15) is 0 Å². The van der Waals surface area contributed by atoms with Gasteiger partial charge in [0.15, 0.2) is 5.78 Å². The minimum atomic E-state index is -0.894. The molecule has 50 heavy (non-hydrogen) atoms. The van der Waals surface area contributed by atoms with Crippen LogP contribution in [0, 0.1) is 5.92 Å². The second kappa shape index (κ2) is 28.7. The van der Waals surface area contributed by atoms with Crippen LogP contribution in [0.25, 0.3) is 0 Å². The van der Waals surface area contributed by atoms with Crippen LogP contribution in [0.5, 0.6) is 0 Å². The molecule has 0 radical (unpaired) electrons. The van der Waals surface area contributed by atoms with Crippen LogP contribution in [0.1, 0.15) is 183 Å². The highest BCUT2D eigenvalue weighted by atomic mass is 16.5. The Bertz CT molecular complexity index is 1170. The average Bonchev–Trinajstić information content (AvgIpc) is 3.13. The lowest BCUT2D eigenvalue weighted by molar-refractivity contribution is -0.144. The summed E-state index contributed by atoms with van der Waals surface area (Å²) in [5, 5.41) is 12.8. The predicted molar refractivity (Wildman–Crippen MR) is 207 cm³/mol. The lowest BCUT2D eigenvalue weighted by atomic mass is 9.96. The molecular weight excluding hydrogens is 622 g/mol. The normalized spacial score (nSPS) is 12.4. The van der Waals surface area contributed by atoms with Gasteiger partial charge in [0.25, 0.3) is 0 Å². The van der Waals surface area contributed by atoms with Crippen LogP contribution < -0.4 is 5.32 Å². The van der Waals surface area contributed by atoms with E-state index in [9.17, 15) is 19.5 Å². The van der Waals surface area contributed by atoms with E-state index >= 15 is 0 Å². The molecule has 2 unspecified atom stereocenters. The molecule has 0 saturated heterocycles. The maximum Gasteiger partial charge on any atom is 0.307 e. The smallest absolute Gasteiger partial charge is 0.307 e. The van der Waals surface area contributed by atoms with Crippen LogP contribution in [0.2, 0.25) is 0 Å². The monoisotopic (exact) mass is 692 g/mol. The lowest BCUT2D eigenvalue weighted by Gasteiger charge is -2.20.